The van der Waals surface area contributed by atoms with Crippen LogP contribution in [0.5, 0.6) is 5.75 Å². The summed E-state index contributed by atoms with van der Waals surface area (Å²) in [6.07, 6.45) is -0.627. The fraction of sp³-hybridized carbons (Fsp3) is 0.529. The van der Waals surface area contributed by atoms with Crippen molar-refractivity contribution in [2.24, 2.45) is 0 Å². The Kier molecular flexibility index (Phi) is 6.06. The number of benzene rings is 1. The largest absolute Gasteiger partial charge is 0.479 e. The van der Waals surface area contributed by atoms with Gasteiger partial charge in [-0.2, -0.15) is 4.31 Å². The van der Waals surface area contributed by atoms with Crippen LogP contribution in [0.15, 0.2) is 23.1 Å². The third kappa shape index (κ3) is 4.21. The molecule has 1 unspecified atom stereocenters. The lowest BCUT2D eigenvalue weighted by Crippen LogP contribution is -2.53. The number of piperazine rings is 1. The van der Waals surface area contributed by atoms with E-state index in [1.54, 1.807) is 18.9 Å². The van der Waals surface area contributed by atoms with Crippen LogP contribution < -0.4 is 15.4 Å². The number of sulfonamides is 1. The van der Waals surface area contributed by atoms with Crippen LogP contribution in [0.4, 0.5) is 10.5 Å². The number of fused-ring (bicyclic) bond motifs is 1. The van der Waals surface area contributed by atoms with Crippen LogP contribution in [0.3, 0.4) is 0 Å². The van der Waals surface area contributed by atoms with Gasteiger partial charge in [0.25, 0.3) is 5.91 Å². The second-order valence-corrected chi connectivity index (χ2v) is 8.46. The van der Waals surface area contributed by atoms with E-state index in [4.69, 9.17) is 9.47 Å². The molecule has 1 aromatic rings. The number of nitrogens with zero attached hydrogens (tertiary/aromatic N) is 2. The molecule has 11 heteroatoms. The number of ether oxygens (including phenoxy) is 2. The molecule has 10 nitrogen and oxygen atoms in total. The Morgan fingerprint density at radius 2 is 2.04 bits per heavy atom. The van der Waals surface area contributed by atoms with Crippen LogP contribution in [0, 0.1) is 0 Å². The first-order chi connectivity index (χ1) is 13.3. The molecule has 3 rings (SSSR count). The summed E-state index contributed by atoms with van der Waals surface area (Å²) >= 11 is 0. The van der Waals surface area contributed by atoms with E-state index in [-0.39, 0.29) is 29.9 Å². The number of carbonyl (C=O) groups is 2. The van der Waals surface area contributed by atoms with E-state index in [2.05, 4.69) is 10.6 Å². The normalized spacial score (nSPS) is 20.1. The predicted molar refractivity (Wildman–Crippen MR) is 101 cm³/mol. The number of rotatable bonds is 5. The second kappa shape index (κ2) is 8.33. The summed E-state index contributed by atoms with van der Waals surface area (Å²) in [6.45, 7) is 3.40. The number of methoxy groups -OCH3 is 1. The van der Waals surface area contributed by atoms with E-state index >= 15 is 0 Å². The minimum Gasteiger partial charge on any atom is -0.479 e. The van der Waals surface area contributed by atoms with Crippen LogP contribution in [0.2, 0.25) is 0 Å². The maximum absolute atomic E-state index is 12.9. The molecule has 1 atom stereocenters. The van der Waals surface area contributed by atoms with Gasteiger partial charge in [0.2, 0.25) is 10.0 Å². The maximum Gasteiger partial charge on any atom is 0.317 e. The summed E-state index contributed by atoms with van der Waals surface area (Å²) in [4.78, 5) is 25.5. The van der Waals surface area contributed by atoms with Crippen molar-refractivity contribution in [2.45, 2.75) is 17.9 Å². The molecule has 2 N–H and O–H groups in total. The zero-order valence-corrected chi connectivity index (χ0v) is 16.6. The summed E-state index contributed by atoms with van der Waals surface area (Å²) in [5.41, 5.74) is 0.334. The highest BCUT2D eigenvalue weighted by Crippen LogP contribution is 2.32. The monoisotopic (exact) mass is 412 g/mol. The van der Waals surface area contributed by atoms with Crippen LogP contribution >= 0.6 is 0 Å². The maximum atomic E-state index is 12.9. The number of hydrogen-bond acceptors (Lipinski definition) is 6. The lowest BCUT2D eigenvalue weighted by atomic mass is 10.2. The molecule has 1 saturated heterocycles. The molecule has 154 valence electrons. The van der Waals surface area contributed by atoms with Crippen LogP contribution in [0.1, 0.15) is 6.92 Å². The molecule has 0 saturated carbocycles. The van der Waals surface area contributed by atoms with Gasteiger partial charge in [-0.15, -0.1) is 0 Å². The number of amides is 3. The van der Waals surface area contributed by atoms with Crippen molar-refractivity contribution in [3.63, 3.8) is 0 Å². The van der Waals surface area contributed by atoms with Gasteiger partial charge in [-0.1, -0.05) is 0 Å². The first-order valence-electron chi connectivity index (χ1n) is 8.96. The lowest BCUT2D eigenvalue weighted by Gasteiger charge is -2.34. The van der Waals surface area contributed by atoms with Gasteiger partial charge in [0.1, 0.15) is 5.75 Å². The SMILES string of the molecule is COCCNC(=O)N1CCN(S(=O)(=O)c2ccc3c(c2)NC(=O)C(C)O3)CC1. The Bertz CT molecular complexity index is 851. The topological polar surface area (TPSA) is 117 Å². The van der Waals surface area contributed by atoms with E-state index in [9.17, 15) is 18.0 Å². The van der Waals surface area contributed by atoms with Gasteiger partial charge < -0.3 is 25.0 Å². The molecule has 2 heterocycles. The molecule has 28 heavy (non-hydrogen) atoms. The molecular weight excluding hydrogens is 388 g/mol. The number of urea groups is 1. The highest BCUT2D eigenvalue weighted by Gasteiger charge is 2.32. The van der Waals surface area contributed by atoms with Gasteiger partial charge in [-0.25, -0.2) is 13.2 Å². The van der Waals surface area contributed by atoms with Gasteiger partial charge in [0, 0.05) is 39.8 Å². The average molecular weight is 412 g/mol. The van der Waals surface area contributed by atoms with Crippen molar-refractivity contribution in [3.8, 4) is 5.75 Å². The van der Waals surface area contributed by atoms with E-state index in [1.807, 2.05) is 0 Å². The Hall–Kier alpha value is -2.37. The molecule has 1 aromatic carbocycles. The lowest BCUT2D eigenvalue weighted by molar-refractivity contribution is -0.122. The Morgan fingerprint density at radius 1 is 1.32 bits per heavy atom. The Morgan fingerprint density at radius 3 is 2.71 bits per heavy atom. The first-order valence-corrected chi connectivity index (χ1v) is 10.4. The highest BCUT2D eigenvalue weighted by molar-refractivity contribution is 7.89. The van der Waals surface area contributed by atoms with Crippen LogP contribution in [-0.2, 0) is 19.6 Å². The van der Waals surface area contributed by atoms with E-state index in [0.29, 0.717) is 37.7 Å². The van der Waals surface area contributed by atoms with Crippen LogP contribution in [0.25, 0.3) is 0 Å². The number of carbonyl (C=O) groups excluding carboxylic acids is 2. The Labute approximate surface area is 163 Å². The molecule has 2 aliphatic rings. The van der Waals surface area contributed by atoms with Gasteiger partial charge in [-0.3, -0.25) is 4.79 Å². The van der Waals surface area contributed by atoms with Crippen molar-refractivity contribution < 1.29 is 27.5 Å². The molecular formula is C17H24N4O6S. The van der Waals surface area contributed by atoms with Gasteiger partial charge in [-0.05, 0) is 25.1 Å². The molecule has 0 aliphatic carbocycles. The molecule has 0 aromatic heterocycles. The number of anilines is 1. The second-order valence-electron chi connectivity index (χ2n) is 6.52. The minimum atomic E-state index is -3.75. The minimum absolute atomic E-state index is 0.0719. The average Bonchev–Trinajstić information content (AvgIpc) is 2.68. The molecule has 1 fully saturated rings. The standard InChI is InChI=1S/C17H24N4O6S/c1-12-16(22)19-14-11-13(3-4-15(14)27-12)28(24,25)21-8-6-20(7-9-21)17(23)18-5-10-26-2/h3-4,11-12H,5-10H2,1-2H3,(H,18,23)(H,19,22). The van der Waals surface area contributed by atoms with Crippen molar-refractivity contribution >= 4 is 27.6 Å². The number of nitrogens with one attached hydrogen (secondary N) is 2. The Balaban J connectivity index is 1.65. The third-order valence-corrected chi connectivity index (χ3v) is 6.52. The third-order valence-electron chi connectivity index (χ3n) is 4.63. The van der Waals surface area contributed by atoms with Crippen molar-refractivity contribution in [2.75, 3.05) is 51.8 Å². The van der Waals surface area contributed by atoms with E-state index in [1.165, 1.54) is 22.5 Å². The summed E-state index contributed by atoms with van der Waals surface area (Å²) in [5, 5.41) is 5.37. The first kappa shape index (κ1) is 20.4. The summed E-state index contributed by atoms with van der Waals surface area (Å²) in [6, 6.07) is 4.16. The molecule has 0 bridgehead atoms. The van der Waals surface area contributed by atoms with E-state index in [0.717, 1.165) is 0 Å². The fourth-order valence-electron chi connectivity index (χ4n) is 3.00. The van der Waals surface area contributed by atoms with Gasteiger partial charge in [0.05, 0.1) is 17.2 Å². The number of hydrogen-bond donors (Lipinski definition) is 2. The summed E-state index contributed by atoms with van der Waals surface area (Å²) in [7, 11) is -2.20. The van der Waals surface area contributed by atoms with Crippen LogP contribution in [-0.4, -0.2) is 82.1 Å². The van der Waals surface area contributed by atoms with Crippen molar-refractivity contribution in [3.05, 3.63) is 18.2 Å². The van der Waals surface area contributed by atoms with Crippen molar-refractivity contribution in [1.82, 2.24) is 14.5 Å². The van der Waals surface area contributed by atoms with Gasteiger partial charge in [0.15, 0.2) is 6.10 Å². The smallest absolute Gasteiger partial charge is 0.317 e. The highest BCUT2D eigenvalue weighted by atomic mass is 32.2. The summed E-state index contributed by atoms with van der Waals surface area (Å²) < 4.78 is 37.6. The quantitative estimate of drug-likeness (QED) is 0.661. The molecule has 0 radical (unpaired) electrons. The molecule has 2 aliphatic heterocycles. The zero-order valence-electron chi connectivity index (χ0n) is 15.8. The van der Waals surface area contributed by atoms with E-state index < -0.39 is 16.1 Å². The summed E-state index contributed by atoms with van der Waals surface area (Å²) in [5.74, 6) is 0.110. The zero-order chi connectivity index (χ0) is 20.3. The fourth-order valence-corrected chi connectivity index (χ4v) is 4.45. The van der Waals surface area contributed by atoms with Gasteiger partial charge >= 0.3 is 6.03 Å². The predicted octanol–water partition coefficient (Wildman–Crippen LogP) is 0.0683. The van der Waals surface area contributed by atoms with Crippen molar-refractivity contribution in [1.29, 1.82) is 0 Å². The molecule has 0 spiro atoms. The molecule has 3 amide bonds.